The summed E-state index contributed by atoms with van der Waals surface area (Å²) in [5.74, 6) is 1.23. The number of hydrogen-bond donors (Lipinski definition) is 4. The molecule has 3 aromatic carbocycles. The number of carbonyl (C=O) groups is 2. The fourth-order valence-electron chi connectivity index (χ4n) is 6.58. The number of aliphatic hydroxyl groups is 2. The van der Waals surface area contributed by atoms with Crippen LogP contribution in [-0.2, 0) is 22.6 Å². The van der Waals surface area contributed by atoms with E-state index in [-0.39, 0.29) is 12.5 Å². The lowest BCUT2D eigenvalue weighted by molar-refractivity contribution is -0.129. The van der Waals surface area contributed by atoms with Crippen LogP contribution in [0.2, 0.25) is 0 Å². The zero-order chi connectivity index (χ0) is 30.9. The molecule has 8 heteroatoms. The van der Waals surface area contributed by atoms with Gasteiger partial charge in [0.2, 0.25) is 5.91 Å². The molecule has 8 nitrogen and oxygen atoms in total. The summed E-state index contributed by atoms with van der Waals surface area (Å²) in [7, 11) is 0. The standard InChI is InChI=1S/C36H44N2O6/c1-36(34(41)37-31(23-39)33(40)28-12-6-3-7-13-28,38-35(42)44-32-20-17-25-11-8-14-29(32)21-25)22-26-15-18-30(19-16-26)43-24-27-9-4-2-5-10-27/h2-7,9-10,12-13,15-16,18-19,25,29,31-33,39-40H,8,11,14,17,20-24H2,1H3,(H,37,41)(H,38,42). The molecule has 0 aromatic heterocycles. The van der Waals surface area contributed by atoms with Gasteiger partial charge in [-0.15, -0.1) is 0 Å². The second kappa shape index (κ2) is 14.7. The predicted octanol–water partition coefficient (Wildman–Crippen LogP) is 5.47. The largest absolute Gasteiger partial charge is 0.489 e. The Morgan fingerprint density at radius 2 is 1.61 bits per heavy atom. The fourth-order valence-corrected chi connectivity index (χ4v) is 6.58. The molecular weight excluding hydrogens is 556 g/mol. The second-order valence-corrected chi connectivity index (χ2v) is 12.5. The highest BCUT2D eigenvalue weighted by molar-refractivity contribution is 5.90. The number of aliphatic hydroxyl groups excluding tert-OH is 2. The van der Waals surface area contributed by atoms with Gasteiger partial charge in [0.25, 0.3) is 0 Å². The molecule has 6 atom stereocenters. The first-order chi connectivity index (χ1) is 21.3. The van der Waals surface area contributed by atoms with Crippen LogP contribution in [0.3, 0.4) is 0 Å². The molecule has 2 fully saturated rings. The maximum Gasteiger partial charge on any atom is 0.408 e. The van der Waals surface area contributed by atoms with Crippen molar-refractivity contribution in [2.24, 2.45) is 11.8 Å². The van der Waals surface area contributed by atoms with Crippen LogP contribution < -0.4 is 15.4 Å². The Kier molecular flexibility index (Phi) is 10.6. The molecule has 44 heavy (non-hydrogen) atoms. The van der Waals surface area contributed by atoms with E-state index in [1.54, 1.807) is 31.2 Å². The maximum atomic E-state index is 13.9. The molecule has 2 amide bonds. The zero-order valence-electron chi connectivity index (χ0n) is 25.4. The minimum Gasteiger partial charge on any atom is -0.489 e. The summed E-state index contributed by atoms with van der Waals surface area (Å²) < 4.78 is 11.9. The molecule has 2 bridgehead atoms. The average Bonchev–Trinajstić information content (AvgIpc) is 3.05. The van der Waals surface area contributed by atoms with Gasteiger partial charge in [0.1, 0.15) is 30.1 Å². The van der Waals surface area contributed by atoms with E-state index < -0.39 is 36.3 Å². The fraction of sp³-hybridized carbons (Fsp3) is 0.444. The van der Waals surface area contributed by atoms with Gasteiger partial charge in [-0.25, -0.2) is 4.79 Å². The van der Waals surface area contributed by atoms with E-state index in [0.717, 1.165) is 49.1 Å². The van der Waals surface area contributed by atoms with Gasteiger partial charge in [0.15, 0.2) is 0 Å². The monoisotopic (exact) mass is 600 g/mol. The molecule has 0 heterocycles. The van der Waals surface area contributed by atoms with Crippen LogP contribution in [0.4, 0.5) is 4.79 Å². The second-order valence-electron chi connectivity index (χ2n) is 12.5. The quantitative estimate of drug-likeness (QED) is 0.219. The van der Waals surface area contributed by atoms with Crippen molar-refractivity contribution in [1.82, 2.24) is 10.6 Å². The molecule has 0 radical (unpaired) electrons. The first kappa shape index (κ1) is 31.5. The Balaban J connectivity index is 1.29. The number of fused-ring (bicyclic) bond motifs is 2. The van der Waals surface area contributed by atoms with Crippen molar-refractivity contribution in [2.45, 2.75) is 82.3 Å². The van der Waals surface area contributed by atoms with E-state index in [1.807, 2.05) is 60.7 Å². The average molecular weight is 601 g/mol. The molecule has 2 saturated carbocycles. The molecule has 0 spiro atoms. The van der Waals surface area contributed by atoms with Crippen LogP contribution in [0.1, 0.15) is 68.2 Å². The zero-order valence-corrected chi connectivity index (χ0v) is 25.4. The van der Waals surface area contributed by atoms with E-state index in [4.69, 9.17) is 9.47 Å². The topological polar surface area (TPSA) is 117 Å². The van der Waals surface area contributed by atoms with E-state index in [2.05, 4.69) is 10.6 Å². The van der Waals surface area contributed by atoms with Gasteiger partial charge in [-0.2, -0.15) is 0 Å². The van der Waals surface area contributed by atoms with Crippen LogP contribution in [0, 0.1) is 11.8 Å². The van der Waals surface area contributed by atoms with Gasteiger partial charge in [-0.1, -0.05) is 85.6 Å². The van der Waals surface area contributed by atoms with Gasteiger partial charge in [0.05, 0.1) is 12.6 Å². The Morgan fingerprint density at radius 1 is 0.909 bits per heavy atom. The summed E-state index contributed by atoms with van der Waals surface area (Å²) in [5, 5.41) is 26.7. The van der Waals surface area contributed by atoms with Gasteiger partial charge in [-0.05, 0) is 73.3 Å². The van der Waals surface area contributed by atoms with Crippen molar-refractivity contribution < 1.29 is 29.3 Å². The molecule has 2 aliphatic rings. The summed E-state index contributed by atoms with van der Waals surface area (Å²) in [6, 6.07) is 25.2. The first-order valence-corrected chi connectivity index (χ1v) is 15.7. The minimum atomic E-state index is -1.43. The van der Waals surface area contributed by atoms with Crippen molar-refractivity contribution >= 4 is 12.0 Å². The van der Waals surface area contributed by atoms with Gasteiger partial charge in [-0.3, -0.25) is 4.79 Å². The Bertz CT molecular complexity index is 1350. The number of nitrogens with one attached hydrogen (secondary N) is 2. The van der Waals surface area contributed by atoms with Crippen molar-refractivity contribution in [3.8, 4) is 5.75 Å². The van der Waals surface area contributed by atoms with Crippen LogP contribution in [0.15, 0.2) is 84.9 Å². The number of carbonyl (C=O) groups excluding carboxylic acids is 2. The van der Waals surface area contributed by atoms with Crippen molar-refractivity contribution in [1.29, 1.82) is 0 Å². The molecule has 0 aliphatic heterocycles. The number of rotatable bonds is 12. The lowest BCUT2D eigenvalue weighted by Gasteiger charge is -2.40. The molecular formula is C36H44N2O6. The van der Waals surface area contributed by atoms with Crippen LogP contribution in [0.5, 0.6) is 5.75 Å². The van der Waals surface area contributed by atoms with Crippen molar-refractivity contribution in [2.75, 3.05) is 6.61 Å². The highest BCUT2D eigenvalue weighted by Crippen LogP contribution is 2.41. The third-order valence-electron chi connectivity index (χ3n) is 9.11. The molecule has 0 saturated heterocycles. The van der Waals surface area contributed by atoms with E-state index >= 15 is 0 Å². The summed E-state index contributed by atoms with van der Waals surface area (Å²) in [6.07, 6.45) is 4.68. The van der Waals surface area contributed by atoms with Crippen molar-refractivity contribution in [3.63, 3.8) is 0 Å². The number of amides is 2. The van der Waals surface area contributed by atoms with E-state index in [0.29, 0.717) is 23.8 Å². The summed E-state index contributed by atoms with van der Waals surface area (Å²) in [4.78, 5) is 27.2. The first-order valence-electron chi connectivity index (χ1n) is 15.7. The summed E-state index contributed by atoms with van der Waals surface area (Å²) in [5.41, 5.74) is 0.986. The smallest absolute Gasteiger partial charge is 0.408 e. The van der Waals surface area contributed by atoms with Crippen LogP contribution in [-0.4, -0.2) is 46.5 Å². The molecule has 2 aliphatic carbocycles. The third kappa shape index (κ3) is 8.18. The Labute approximate surface area is 259 Å². The van der Waals surface area contributed by atoms with Crippen molar-refractivity contribution in [3.05, 3.63) is 102 Å². The van der Waals surface area contributed by atoms with E-state index in [9.17, 15) is 19.8 Å². The van der Waals surface area contributed by atoms with Gasteiger partial charge < -0.3 is 30.3 Å². The highest BCUT2D eigenvalue weighted by atomic mass is 16.6. The Hall–Kier alpha value is -3.88. The van der Waals surface area contributed by atoms with Crippen LogP contribution in [0.25, 0.3) is 0 Å². The summed E-state index contributed by atoms with van der Waals surface area (Å²) >= 11 is 0. The molecule has 6 unspecified atom stereocenters. The minimum absolute atomic E-state index is 0.155. The molecule has 234 valence electrons. The van der Waals surface area contributed by atoms with Gasteiger partial charge >= 0.3 is 6.09 Å². The number of hydrogen-bond acceptors (Lipinski definition) is 6. The normalized spacial score (nSPS) is 22.1. The molecule has 3 aromatic rings. The lowest BCUT2D eigenvalue weighted by Crippen LogP contribution is -2.61. The maximum absolute atomic E-state index is 13.9. The van der Waals surface area contributed by atoms with Crippen LogP contribution >= 0.6 is 0 Å². The Morgan fingerprint density at radius 3 is 2.32 bits per heavy atom. The molecule has 5 rings (SSSR count). The van der Waals surface area contributed by atoms with E-state index in [1.165, 1.54) is 6.42 Å². The predicted molar refractivity (Wildman–Crippen MR) is 168 cm³/mol. The number of alkyl carbamates (subject to hydrolysis) is 1. The highest BCUT2D eigenvalue weighted by Gasteiger charge is 2.40. The van der Waals surface area contributed by atoms with Gasteiger partial charge in [0, 0.05) is 6.42 Å². The lowest BCUT2D eigenvalue weighted by atomic mass is 9.71. The number of ether oxygens (including phenoxy) is 2. The summed E-state index contributed by atoms with van der Waals surface area (Å²) in [6.45, 7) is 1.59. The molecule has 4 N–H and O–H groups in total. The SMILES string of the molecule is CC(Cc1ccc(OCc2ccccc2)cc1)(NC(=O)OC1CCC2CCCC1C2)C(=O)NC(CO)C(O)c1ccccc1. The third-order valence-corrected chi connectivity index (χ3v) is 9.11. The number of benzene rings is 3.